The summed E-state index contributed by atoms with van der Waals surface area (Å²) in [4.78, 5) is 13.3. The zero-order valence-electron chi connectivity index (χ0n) is 10.7. The molecule has 1 heterocycles. The maximum absolute atomic E-state index is 13.6. The lowest BCUT2D eigenvalue weighted by atomic mass is 10.3. The van der Waals surface area contributed by atoms with E-state index in [9.17, 15) is 14.3 Å². The maximum Gasteiger partial charge on any atom is 0.321 e. The molecular formula is C13H17FN2O3. The summed E-state index contributed by atoms with van der Waals surface area (Å²) >= 11 is 0. The van der Waals surface area contributed by atoms with Crippen LogP contribution >= 0.6 is 0 Å². The zero-order valence-corrected chi connectivity index (χ0v) is 10.7. The zero-order chi connectivity index (χ0) is 13.8. The number of carbonyl (C=O) groups is 1. The van der Waals surface area contributed by atoms with Crippen LogP contribution in [-0.4, -0.2) is 41.8 Å². The van der Waals surface area contributed by atoms with E-state index in [1.165, 1.54) is 17.0 Å². The molecule has 1 aliphatic rings. The number of nitrogens with zero attached hydrogens (tertiary/aromatic N) is 1. The summed E-state index contributed by atoms with van der Waals surface area (Å²) in [5, 5.41) is 12.0. The topological polar surface area (TPSA) is 61.8 Å². The Morgan fingerprint density at radius 2 is 2.42 bits per heavy atom. The Hall–Kier alpha value is -1.82. The van der Waals surface area contributed by atoms with Gasteiger partial charge in [0.1, 0.15) is 0 Å². The Morgan fingerprint density at radius 1 is 1.63 bits per heavy atom. The monoisotopic (exact) mass is 268 g/mol. The number of ether oxygens (including phenoxy) is 1. The minimum Gasteiger partial charge on any atom is -0.491 e. The van der Waals surface area contributed by atoms with Crippen molar-refractivity contribution in [2.45, 2.75) is 19.4 Å². The van der Waals surface area contributed by atoms with Gasteiger partial charge in [0, 0.05) is 24.8 Å². The molecular weight excluding hydrogens is 251 g/mol. The molecule has 0 saturated carbocycles. The van der Waals surface area contributed by atoms with Crippen LogP contribution in [0.4, 0.5) is 14.9 Å². The average molecular weight is 268 g/mol. The van der Waals surface area contributed by atoms with Gasteiger partial charge in [0.2, 0.25) is 0 Å². The molecule has 1 aromatic carbocycles. The molecule has 1 fully saturated rings. The molecule has 1 aliphatic heterocycles. The van der Waals surface area contributed by atoms with Crippen molar-refractivity contribution in [1.82, 2.24) is 4.90 Å². The van der Waals surface area contributed by atoms with Crippen LogP contribution < -0.4 is 10.1 Å². The van der Waals surface area contributed by atoms with Gasteiger partial charge >= 0.3 is 6.03 Å². The Morgan fingerprint density at radius 3 is 3.00 bits per heavy atom. The molecule has 0 unspecified atom stereocenters. The van der Waals surface area contributed by atoms with E-state index >= 15 is 0 Å². The molecule has 6 heteroatoms. The molecule has 1 saturated heterocycles. The number of hydrogen-bond acceptors (Lipinski definition) is 3. The van der Waals surface area contributed by atoms with Crippen molar-refractivity contribution in [2.24, 2.45) is 0 Å². The van der Waals surface area contributed by atoms with Gasteiger partial charge in [0.15, 0.2) is 11.6 Å². The lowest BCUT2D eigenvalue weighted by Gasteiger charge is -2.16. The van der Waals surface area contributed by atoms with E-state index in [0.29, 0.717) is 31.8 Å². The number of anilines is 1. The number of amides is 2. The molecule has 0 aliphatic carbocycles. The number of likely N-dealkylation sites (tertiary alicyclic amines) is 1. The summed E-state index contributed by atoms with van der Waals surface area (Å²) in [5.41, 5.74) is 0.368. The molecule has 104 valence electrons. The van der Waals surface area contributed by atoms with Crippen molar-refractivity contribution in [3.8, 4) is 5.75 Å². The second-order valence-electron chi connectivity index (χ2n) is 4.40. The number of rotatable bonds is 3. The fourth-order valence-electron chi connectivity index (χ4n) is 1.98. The predicted molar refractivity (Wildman–Crippen MR) is 68.8 cm³/mol. The number of β-amino-alcohol motifs (C(OH)–C–C–N with tert-alkyl or cyclic N) is 1. The van der Waals surface area contributed by atoms with E-state index in [0.717, 1.165) is 0 Å². The smallest absolute Gasteiger partial charge is 0.321 e. The van der Waals surface area contributed by atoms with Crippen molar-refractivity contribution in [3.05, 3.63) is 24.0 Å². The van der Waals surface area contributed by atoms with Gasteiger partial charge in [-0.3, -0.25) is 0 Å². The van der Waals surface area contributed by atoms with Crippen LogP contribution in [0.1, 0.15) is 13.3 Å². The molecule has 0 radical (unpaired) electrons. The summed E-state index contributed by atoms with van der Waals surface area (Å²) < 4.78 is 18.7. The highest BCUT2D eigenvalue weighted by Gasteiger charge is 2.24. The van der Waals surface area contributed by atoms with Gasteiger partial charge in [-0.1, -0.05) is 0 Å². The molecule has 19 heavy (non-hydrogen) atoms. The van der Waals surface area contributed by atoms with Gasteiger partial charge in [0.05, 0.1) is 12.7 Å². The average Bonchev–Trinajstić information content (AvgIpc) is 2.80. The summed E-state index contributed by atoms with van der Waals surface area (Å²) in [7, 11) is 0. The van der Waals surface area contributed by atoms with Crippen molar-refractivity contribution >= 4 is 11.7 Å². The van der Waals surface area contributed by atoms with Gasteiger partial charge in [-0.25, -0.2) is 9.18 Å². The van der Waals surface area contributed by atoms with Crippen LogP contribution in [-0.2, 0) is 0 Å². The van der Waals surface area contributed by atoms with E-state index in [4.69, 9.17) is 4.74 Å². The molecule has 0 spiro atoms. The van der Waals surface area contributed by atoms with Gasteiger partial charge in [-0.15, -0.1) is 0 Å². The van der Waals surface area contributed by atoms with Gasteiger partial charge in [0.25, 0.3) is 0 Å². The van der Waals surface area contributed by atoms with E-state index < -0.39 is 11.9 Å². The predicted octanol–water partition coefficient (Wildman–Crippen LogP) is 1.82. The first-order valence-corrected chi connectivity index (χ1v) is 6.26. The largest absolute Gasteiger partial charge is 0.491 e. The fourth-order valence-corrected chi connectivity index (χ4v) is 1.98. The van der Waals surface area contributed by atoms with Crippen molar-refractivity contribution in [3.63, 3.8) is 0 Å². The highest BCUT2D eigenvalue weighted by molar-refractivity contribution is 5.89. The molecule has 1 aromatic rings. The highest BCUT2D eigenvalue weighted by Crippen LogP contribution is 2.21. The normalized spacial score (nSPS) is 18.5. The van der Waals surface area contributed by atoms with Crippen LogP contribution in [0.5, 0.6) is 5.75 Å². The molecule has 2 rings (SSSR count). The highest BCUT2D eigenvalue weighted by atomic mass is 19.1. The summed E-state index contributed by atoms with van der Waals surface area (Å²) in [5.74, 6) is -0.349. The van der Waals surface area contributed by atoms with Crippen LogP contribution in [0.25, 0.3) is 0 Å². The Bertz CT molecular complexity index is 467. The van der Waals surface area contributed by atoms with Crippen LogP contribution in [0, 0.1) is 5.82 Å². The number of nitrogens with one attached hydrogen (secondary N) is 1. The molecule has 0 aromatic heterocycles. The van der Waals surface area contributed by atoms with Crippen molar-refractivity contribution in [2.75, 3.05) is 25.0 Å². The Balaban J connectivity index is 1.99. The number of hydrogen-bond donors (Lipinski definition) is 2. The number of urea groups is 1. The van der Waals surface area contributed by atoms with E-state index in [-0.39, 0.29) is 11.8 Å². The first-order chi connectivity index (χ1) is 9.10. The third kappa shape index (κ3) is 3.35. The van der Waals surface area contributed by atoms with Gasteiger partial charge in [-0.2, -0.15) is 0 Å². The number of halogens is 1. The van der Waals surface area contributed by atoms with E-state index in [2.05, 4.69) is 5.32 Å². The molecule has 2 N–H and O–H groups in total. The van der Waals surface area contributed by atoms with E-state index in [1.807, 2.05) is 0 Å². The third-order valence-corrected chi connectivity index (χ3v) is 2.93. The minimum absolute atomic E-state index is 0.164. The summed E-state index contributed by atoms with van der Waals surface area (Å²) in [6, 6.07) is 3.95. The SMILES string of the molecule is CCOc1ccc(NC(=O)N2CC[C@H](O)C2)cc1F. The Kier molecular flexibility index (Phi) is 4.21. The lowest BCUT2D eigenvalue weighted by Crippen LogP contribution is -2.33. The fraction of sp³-hybridized carbons (Fsp3) is 0.462. The second kappa shape index (κ2) is 5.88. The van der Waals surface area contributed by atoms with Crippen LogP contribution in [0.3, 0.4) is 0 Å². The van der Waals surface area contributed by atoms with Crippen molar-refractivity contribution < 1.29 is 19.0 Å². The van der Waals surface area contributed by atoms with Crippen LogP contribution in [0.15, 0.2) is 18.2 Å². The van der Waals surface area contributed by atoms with E-state index in [1.54, 1.807) is 13.0 Å². The van der Waals surface area contributed by atoms with Gasteiger partial charge < -0.3 is 20.1 Å². The standard InChI is InChI=1S/C13H17FN2O3/c1-2-19-12-4-3-9(7-11(12)14)15-13(18)16-6-5-10(17)8-16/h3-4,7,10,17H,2,5-6,8H2,1H3,(H,15,18)/t10-/m0/s1. The lowest BCUT2D eigenvalue weighted by molar-refractivity contribution is 0.176. The molecule has 0 bridgehead atoms. The Labute approximate surface area is 111 Å². The summed E-state index contributed by atoms with van der Waals surface area (Å²) in [6.07, 6.45) is 0.105. The third-order valence-electron chi connectivity index (χ3n) is 2.93. The number of aliphatic hydroxyl groups is 1. The maximum atomic E-state index is 13.6. The molecule has 5 nitrogen and oxygen atoms in total. The number of benzene rings is 1. The minimum atomic E-state index is -0.513. The first kappa shape index (κ1) is 13.6. The summed E-state index contributed by atoms with van der Waals surface area (Å²) in [6.45, 7) is 2.97. The number of carbonyl (C=O) groups excluding carboxylic acids is 1. The molecule has 2 amide bonds. The van der Waals surface area contributed by atoms with Crippen LogP contribution in [0.2, 0.25) is 0 Å². The second-order valence-corrected chi connectivity index (χ2v) is 4.40. The van der Waals surface area contributed by atoms with Crippen molar-refractivity contribution in [1.29, 1.82) is 0 Å². The molecule has 1 atom stereocenters. The quantitative estimate of drug-likeness (QED) is 0.879. The number of aliphatic hydroxyl groups excluding tert-OH is 1. The first-order valence-electron chi connectivity index (χ1n) is 6.26. The van der Waals surface area contributed by atoms with Gasteiger partial charge in [-0.05, 0) is 25.5 Å².